The van der Waals surface area contributed by atoms with E-state index < -0.39 is 11.7 Å². The van der Waals surface area contributed by atoms with Crippen LogP contribution in [0.25, 0.3) is 6.08 Å². The maximum atomic E-state index is 12.5. The Bertz CT molecular complexity index is 844. The van der Waals surface area contributed by atoms with E-state index in [0.29, 0.717) is 22.4 Å². The molecule has 0 radical (unpaired) electrons. The first kappa shape index (κ1) is 18.6. The Hall–Kier alpha value is -2.73. The van der Waals surface area contributed by atoms with Crippen LogP contribution < -0.4 is 0 Å². The molecule has 0 aliphatic carbocycles. The summed E-state index contributed by atoms with van der Waals surface area (Å²) in [6.45, 7) is 5.31. The first-order valence-corrected chi connectivity index (χ1v) is 7.94. The molecule has 0 saturated carbocycles. The molecule has 0 aliphatic rings. The number of carbonyl (C=O) groups is 2. The van der Waals surface area contributed by atoms with Gasteiger partial charge in [0, 0.05) is 11.3 Å². The number of phenolic OH excluding ortho intramolecular Hbond substituents is 2. The van der Waals surface area contributed by atoms with Crippen LogP contribution in [0.4, 0.5) is 0 Å². The van der Waals surface area contributed by atoms with Crippen LogP contribution in [0.1, 0.15) is 44.6 Å². The van der Waals surface area contributed by atoms with Crippen molar-refractivity contribution in [2.75, 3.05) is 6.61 Å². The molecule has 25 heavy (non-hydrogen) atoms. The zero-order valence-corrected chi connectivity index (χ0v) is 14.8. The fourth-order valence-corrected chi connectivity index (χ4v) is 2.71. The van der Waals surface area contributed by atoms with Crippen molar-refractivity contribution in [3.63, 3.8) is 0 Å². The topological polar surface area (TPSA) is 99.6 Å². The monoisotopic (exact) mass is 363 g/mol. The molecule has 0 bridgehead atoms. The highest BCUT2D eigenvalue weighted by molar-refractivity contribution is 6.32. The van der Waals surface area contributed by atoms with Crippen LogP contribution in [0.15, 0.2) is 18.2 Å². The number of benzene rings is 1. The minimum Gasteiger partial charge on any atom is -0.504 e. The molecule has 1 aromatic carbocycles. The third-order valence-electron chi connectivity index (χ3n) is 3.66. The van der Waals surface area contributed by atoms with Gasteiger partial charge in [0.2, 0.25) is 0 Å². The predicted octanol–water partition coefficient (Wildman–Crippen LogP) is 3.77. The maximum absolute atomic E-state index is 12.5. The molecule has 0 saturated heterocycles. The summed E-state index contributed by atoms with van der Waals surface area (Å²) in [7, 11) is 0. The van der Waals surface area contributed by atoms with Crippen molar-refractivity contribution >= 4 is 29.4 Å². The van der Waals surface area contributed by atoms with Crippen molar-refractivity contribution in [1.29, 1.82) is 0 Å². The van der Waals surface area contributed by atoms with E-state index in [9.17, 15) is 19.8 Å². The average molecular weight is 364 g/mol. The molecule has 7 heteroatoms. The molecule has 2 aromatic rings. The summed E-state index contributed by atoms with van der Waals surface area (Å²) in [5, 5.41) is 19.0. The molecule has 6 nitrogen and oxygen atoms in total. The number of ether oxygens (including phenoxy) is 1. The Morgan fingerprint density at radius 3 is 2.56 bits per heavy atom. The second kappa shape index (κ2) is 7.44. The summed E-state index contributed by atoms with van der Waals surface area (Å²) in [4.78, 5) is 27.3. The van der Waals surface area contributed by atoms with Gasteiger partial charge >= 0.3 is 5.97 Å². The van der Waals surface area contributed by atoms with Crippen molar-refractivity contribution in [1.82, 2.24) is 4.98 Å². The molecule has 0 fully saturated rings. The first-order valence-electron chi connectivity index (χ1n) is 7.56. The maximum Gasteiger partial charge on any atom is 0.355 e. The Balaban J connectivity index is 2.31. The molecular formula is C18H18ClNO5. The molecule has 0 spiro atoms. The van der Waals surface area contributed by atoms with Gasteiger partial charge < -0.3 is 19.9 Å². The van der Waals surface area contributed by atoms with Crippen LogP contribution in [0.5, 0.6) is 11.5 Å². The van der Waals surface area contributed by atoms with Gasteiger partial charge in [-0.3, -0.25) is 4.79 Å². The number of allylic oxidation sites excluding steroid dienone is 1. The average Bonchev–Trinajstić information content (AvgIpc) is 2.85. The SMILES string of the molecule is CCOC(=O)c1[nH]c(C)c(C(=O)/C=C/c2cc(O)c(O)c(Cl)c2)c1C. The first-order chi connectivity index (χ1) is 11.8. The lowest BCUT2D eigenvalue weighted by molar-refractivity contribution is 0.0519. The van der Waals surface area contributed by atoms with Crippen molar-refractivity contribution in [3.8, 4) is 11.5 Å². The molecule has 2 rings (SSSR count). The molecule has 1 heterocycles. The predicted molar refractivity (Wildman–Crippen MR) is 94.4 cm³/mol. The fraction of sp³-hybridized carbons (Fsp3) is 0.222. The van der Waals surface area contributed by atoms with Gasteiger partial charge in [0.15, 0.2) is 17.3 Å². The highest BCUT2D eigenvalue weighted by Crippen LogP contribution is 2.34. The molecule has 132 valence electrons. The van der Waals surface area contributed by atoms with Crippen molar-refractivity contribution < 1.29 is 24.5 Å². The van der Waals surface area contributed by atoms with Gasteiger partial charge in [0.25, 0.3) is 0 Å². The Labute approximate surface area is 149 Å². The molecule has 0 amide bonds. The number of halogens is 1. The van der Waals surface area contributed by atoms with E-state index in [-0.39, 0.29) is 28.9 Å². The van der Waals surface area contributed by atoms with Crippen molar-refractivity contribution in [2.45, 2.75) is 20.8 Å². The largest absolute Gasteiger partial charge is 0.504 e. The van der Waals surface area contributed by atoms with E-state index in [0.717, 1.165) is 0 Å². The zero-order valence-electron chi connectivity index (χ0n) is 14.0. The standard InChI is InChI=1S/C18H18ClNO5/c1-4-25-18(24)16-9(2)15(10(3)20-16)13(21)6-5-11-7-12(19)17(23)14(22)8-11/h5-8,20,22-23H,4H2,1-3H3/b6-5+. The molecule has 3 N–H and O–H groups in total. The Morgan fingerprint density at radius 1 is 1.28 bits per heavy atom. The number of nitrogens with one attached hydrogen (secondary N) is 1. The lowest BCUT2D eigenvalue weighted by Gasteiger charge is -2.02. The van der Waals surface area contributed by atoms with Crippen LogP contribution in [-0.4, -0.2) is 33.6 Å². The van der Waals surface area contributed by atoms with Crippen LogP contribution in [0.3, 0.4) is 0 Å². The quantitative estimate of drug-likeness (QED) is 0.325. The summed E-state index contributed by atoms with van der Waals surface area (Å²) in [5.41, 5.74) is 2.15. The fourth-order valence-electron chi connectivity index (χ4n) is 2.48. The lowest BCUT2D eigenvalue weighted by atomic mass is 10.0. The van der Waals surface area contributed by atoms with Gasteiger partial charge in [-0.05, 0) is 50.1 Å². The third-order valence-corrected chi connectivity index (χ3v) is 3.94. The summed E-state index contributed by atoms with van der Waals surface area (Å²) in [6.07, 6.45) is 2.77. The molecule has 0 aliphatic heterocycles. The number of aromatic nitrogens is 1. The Kier molecular flexibility index (Phi) is 5.54. The summed E-state index contributed by atoms with van der Waals surface area (Å²) < 4.78 is 4.96. The second-order valence-corrected chi connectivity index (χ2v) is 5.82. The van der Waals surface area contributed by atoms with Gasteiger partial charge in [0.05, 0.1) is 11.6 Å². The van der Waals surface area contributed by atoms with Crippen LogP contribution in [0, 0.1) is 13.8 Å². The van der Waals surface area contributed by atoms with E-state index in [4.69, 9.17) is 16.3 Å². The lowest BCUT2D eigenvalue weighted by Crippen LogP contribution is -2.07. The van der Waals surface area contributed by atoms with E-state index >= 15 is 0 Å². The number of phenols is 2. The molecule has 0 atom stereocenters. The number of esters is 1. The number of hydrogen-bond donors (Lipinski definition) is 3. The van der Waals surface area contributed by atoms with Crippen LogP contribution >= 0.6 is 11.6 Å². The van der Waals surface area contributed by atoms with Gasteiger partial charge in [-0.1, -0.05) is 17.7 Å². The van der Waals surface area contributed by atoms with Gasteiger partial charge in [0.1, 0.15) is 5.69 Å². The number of ketones is 1. The molecule has 1 aromatic heterocycles. The highest BCUT2D eigenvalue weighted by atomic mass is 35.5. The number of aromatic amines is 1. The number of aromatic hydroxyl groups is 2. The van der Waals surface area contributed by atoms with Gasteiger partial charge in [-0.15, -0.1) is 0 Å². The number of carbonyl (C=O) groups excluding carboxylic acids is 2. The Morgan fingerprint density at radius 2 is 1.96 bits per heavy atom. The number of H-pyrrole nitrogens is 1. The summed E-state index contributed by atoms with van der Waals surface area (Å²) >= 11 is 5.78. The van der Waals surface area contributed by atoms with E-state index in [1.54, 1.807) is 20.8 Å². The minimum atomic E-state index is -0.513. The van der Waals surface area contributed by atoms with Gasteiger partial charge in [-0.2, -0.15) is 0 Å². The number of hydrogen-bond acceptors (Lipinski definition) is 5. The smallest absolute Gasteiger partial charge is 0.355 e. The number of aryl methyl sites for hydroxylation is 1. The highest BCUT2D eigenvalue weighted by Gasteiger charge is 2.21. The zero-order chi connectivity index (χ0) is 18.7. The van der Waals surface area contributed by atoms with E-state index in [1.807, 2.05) is 0 Å². The van der Waals surface area contributed by atoms with Crippen molar-refractivity contribution in [2.24, 2.45) is 0 Å². The minimum absolute atomic E-state index is 0.0225. The van der Waals surface area contributed by atoms with Crippen molar-refractivity contribution in [3.05, 3.63) is 51.3 Å². The molecular weight excluding hydrogens is 346 g/mol. The summed E-state index contributed by atoms with van der Waals surface area (Å²) in [5.74, 6) is -1.62. The summed E-state index contributed by atoms with van der Waals surface area (Å²) in [6, 6.07) is 2.70. The second-order valence-electron chi connectivity index (χ2n) is 5.41. The van der Waals surface area contributed by atoms with Gasteiger partial charge in [-0.25, -0.2) is 4.79 Å². The van der Waals surface area contributed by atoms with E-state index in [1.165, 1.54) is 24.3 Å². The van der Waals surface area contributed by atoms with E-state index in [2.05, 4.69) is 4.98 Å². The number of rotatable bonds is 5. The van der Waals surface area contributed by atoms with Crippen LogP contribution in [0.2, 0.25) is 5.02 Å². The normalized spacial score (nSPS) is 11.0. The third kappa shape index (κ3) is 3.85. The van der Waals surface area contributed by atoms with Crippen LogP contribution in [-0.2, 0) is 4.74 Å². The molecule has 0 unspecified atom stereocenters.